The number of aromatic carboxylic acids is 1. The topological polar surface area (TPSA) is 98.2 Å². The van der Waals surface area contributed by atoms with Crippen LogP contribution in [-0.4, -0.2) is 26.8 Å². The number of nitrogens with two attached hydrogens (primary N) is 1. The Morgan fingerprint density at radius 1 is 1.28 bits per heavy atom. The summed E-state index contributed by atoms with van der Waals surface area (Å²) in [6.45, 7) is 1.74. The predicted molar refractivity (Wildman–Crippen MR) is 63.8 cm³/mol. The Morgan fingerprint density at radius 3 is 2.39 bits per heavy atom. The summed E-state index contributed by atoms with van der Waals surface area (Å²) >= 11 is 0. The summed E-state index contributed by atoms with van der Waals surface area (Å²) in [5, 5.41) is 12.9. The number of primary amides is 1. The van der Waals surface area contributed by atoms with Gasteiger partial charge in [-0.1, -0.05) is 0 Å². The van der Waals surface area contributed by atoms with Crippen LogP contribution in [0, 0.1) is 6.92 Å². The molecule has 0 aliphatic carbocycles. The second-order valence-corrected chi connectivity index (χ2v) is 3.80. The van der Waals surface area contributed by atoms with Crippen LogP contribution < -0.4 is 5.73 Å². The van der Waals surface area contributed by atoms with E-state index in [1.54, 1.807) is 25.1 Å². The van der Waals surface area contributed by atoms with E-state index in [0.29, 0.717) is 11.4 Å². The van der Waals surface area contributed by atoms with E-state index in [1.807, 2.05) is 0 Å². The molecule has 0 fully saturated rings. The van der Waals surface area contributed by atoms with Crippen LogP contribution in [0.3, 0.4) is 0 Å². The van der Waals surface area contributed by atoms with Gasteiger partial charge in [-0.05, 0) is 37.3 Å². The fourth-order valence-corrected chi connectivity index (χ4v) is 1.62. The molecule has 6 nitrogen and oxygen atoms in total. The lowest BCUT2D eigenvalue weighted by Crippen LogP contribution is -2.16. The van der Waals surface area contributed by atoms with Gasteiger partial charge in [-0.15, -0.1) is 0 Å². The third-order valence-electron chi connectivity index (χ3n) is 2.44. The summed E-state index contributed by atoms with van der Waals surface area (Å²) in [4.78, 5) is 22.0. The van der Waals surface area contributed by atoms with Crippen LogP contribution in [0.4, 0.5) is 0 Å². The minimum atomic E-state index is -1.01. The molecule has 0 unspecified atom stereocenters. The number of carbonyl (C=O) groups is 2. The van der Waals surface area contributed by atoms with E-state index in [9.17, 15) is 9.59 Å². The lowest BCUT2D eigenvalue weighted by molar-refractivity contribution is 0.0696. The van der Waals surface area contributed by atoms with E-state index >= 15 is 0 Å². The average molecular weight is 245 g/mol. The van der Waals surface area contributed by atoms with Gasteiger partial charge in [-0.25, -0.2) is 9.48 Å². The van der Waals surface area contributed by atoms with Gasteiger partial charge in [0.05, 0.1) is 16.9 Å². The number of aromatic nitrogens is 2. The van der Waals surface area contributed by atoms with Crippen LogP contribution in [0.1, 0.15) is 26.5 Å². The smallest absolute Gasteiger partial charge is 0.335 e. The van der Waals surface area contributed by atoms with Crippen LogP contribution in [-0.2, 0) is 0 Å². The quantitative estimate of drug-likeness (QED) is 0.841. The average Bonchev–Trinajstić information content (AvgIpc) is 2.71. The standard InChI is InChI=1S/C12H11N3O3/c1-7-6-10(11(13)16)15(14-7)9-4-2-8(3-5-9)12(17)18/h2-6H,1H3,(H2,13,16)(H,17,18). The highest BCUT2D eigenvalue weighted by molar-refractivity contribution is 5.92. The summed E-state index contributed by atoms with van der Waals surface area (Å²) in [5.74, 6) is -1.59. The molecule has 1 heterocycles. The normalized spacial score (nSPS) is 10.3. The van der Waals surface area contributed by atoms with Gasteiger partial charge >= 0.3 is 5.97 Å². The molecule has 2 rings (SSSR count). The Morgan fingerprint density at radius 2 is 1.89 bits per heavy atom. The van der Waals surface area contributed by atoms with E-state index in [-0.39, 0.29) is 11.3 Å². The van der Waals surface area contributed by atoms with Gasteiger partial charge in [0, 0.05) is 0 Å². The molecule has 0 aliphatic rings. The third kappa shape index (κ3) is 2.08. The van der Waals surface area contributed by atoms with Crippen molar-refractivity contribution in [3.05, 3.63) is 47.3 Å². The van der Waals surface area contributed by atoms with Gasteiger partial charge in [0.2, 0.25) is 0 Å². The van der Waals surface area contributed by atoms with Crippen molar-refractivity contribution in [2.45, 2.75) is 6.92 Å². The predicted octanol–water partition coefficient (Wildman–Crippen LogP) is 0.978. The van der Waals surface area contributed by atoms with Crippen molar-refractivity contribution in [2.75, 3.05) is 0 Å². The second-order valence-electron chi connectivity index (χ2n) is 3.80. The van der Waals surface area contributed by atoms with Crippen LogP contribution >= 0.6 is 0 Å². The molecular formula is C12H11N3O3. The molecule has 0 spiro atoms. The molecule has 0 saturated carbocycles. The van der Waals surface area contributed by atoms with Gasteiger partial charge in [-0.3, -0.25) is 4.79 Å². The van der Waals surface area contributed by atoms with Gasteiger partial charge in [0.1, 0.15) is 5.69 Å². The number of nitrogens with zero attached hydrogens (tertiary/aromatic N) is 2. The molecule has 1 aromatic heterocycles. The van der Waals surface area contributed by atoms with E-state index in [4.69, 9.17) is 10.8 Å². The van der Waals surface area contributed by atoms with Crippen LogP contribution in [0.25, 0.3) is 5.69 Å². The van der Waals surface area contributed by atoms with E-state index in [2.05, 4.69) is 5.10 Å². The summed E-state index contributed by atoms with van der Waals surface area (Å²) in [6, 6.07) is 7.61. The molecule has 2 aromatic rings. The fraction of sp³-hybridized carbons (Fsp3) is 0.0833. The first-order valence-electron chi connectivity index (χ1n) is 5.19. The van der Waals surface area contributed by atoms with E-state index in [1.165, 1.54) is 16.8 Å². The molecule has 0 atom stereocenters. The molecule has 0 saturated heterocycles. The zero-order chi connectivity index (χ0) is 13.3. The number of rotatable bonds is 3. The monoisotopic (exact) mass is 245 g/mol. The second kappa shape index (κ2) is 4.33. The maximum absolute atomic E-state index is 11.3. The van der Waals surface area contributed by atoms with Crippen molar-refractivity contribution in [2.24, 2.45) is 5.73 Å². The molecule has 1 amide bonds. The SMILES string of the molecule is Cc1cc(C(N)=O)n(-c2ccc(C(=O)O)cc2)n1. The van der Waals surface area contributed by atoms with Crippen molar-refractivity contribution in [1.82, 2.24) is 9.78 Å². The Hall–Kier alpha value is -2.63. The van der Waals surface area contributed by atoms with Gasteiger partial charge in [-0.2, -0.15) is 5.10 Å². The largest absolute Gasteiger partial charge is 0.478 e. The molecule has 6 heteroatoms. The Balaban J connectivity index is 2.48. The van der Waals surface area contributed by atoms with Crippen molar-refractivity contribution < 1.29 is 14.7 Å². The molecule has 0 bridgehead atoms. The molecule has 3 N–H and O–H groups in total. The number of hydrogen-bond acceptors (Lipinski definition) is 3. The zero-order valence-electron chi connectivity index (χ0n) is 9.62. The number of carbonyl (C=O) groups excluding carboxylic acids is 1. The third-order valence-corrected chi connectivity index (χ3v) is 2.44. The van der Waals surface area contributed by atoms with E-state index < -0.39 is 11.9 Å². The first-order valence-corrected chi connectivity index (χ1v) is 5.19. The number of hydrogen-bond donors (Lipinski definition) is 2. The number of benzene rings is 1. The molecular weight excluding hydrogens is 234 g/mol. The van der Waals surface area contributed by atoms with Crippen LogP contribution in [0.15, 0.2) is 30.3 Å². The summed E-state index contributed by atoms with van der Waals surface area (Å²) in [7, 11) is 0. The molecule has 0 aliphatic heterocycles. The Kier molecular flexibility index (Phi) is 2.85. The van der Waals surface area contributed by atoms with Crippen molar-refractivity contribution >= 4 is 11.9 Å². The maximum Gasteiger partial charge on any atom is 0.335 e. The summed E-state index contributed by atoms with van der Waals surface area (Å²) in [5.41, 5.74) is 6.92. The molecule has 1 aromatic carbocycles. The van der Waals surface area contributed by atoms with Gasteiger partial charge in [0.25, 0.3) is 5.91 Å². The maximum atomic E-state index is 11.3. The first-order chi connectivity index (χ1) is 8.49. The van der Waals surface area contributed by atoms with Crippen LogP contribution in [0.2, 0.25) is 0 Å². The number of amides is 1. The molecule has 0 radical (unpaired) electrons. The first kappa shape index (κ1) is 11.8. The van der Waals surface area contributed by atoms with Crippen molar-refractivity contribution in [3.8, 4) is 5.69 Å². The lowest BCUT2D eigenvalue weighted by atomic mass is 10.2. The summed E-state index contributed by atoms with van der Waals surface area (Å²) < 4.78 is 1.39. The molecule has 92 valence electrons. The Bertz CT molecular complexity index is 614. The number of carboxylic acid groups (broad SMARTS) is 1. The highest BCUT2D eigenvalue weighted by atomic mass is 16.4. The number of aryl methyl sites for hydroxylation is 1. The van der Waals surface area contributed by atoms with Crippen LogP contribution in [0.5, 0.6) is 0 Å². The highest BCUT2D eigenvalue weighted by Gasteiger charge is 2.12. The van der Waals surface area contributed by atoms with Gasteiger partial charge < -0.3 is 10.8 Å². The van der Waals surface area contributed by atoms with Crippen molar-refractivity contribution in [1.29, 1.82) is 0 Å². The summed E-state index contributed by atoms with van der Waals surface area (Å²) in [6.07, 6.45) is 0. The fourth-order valence-electron chi connectivity index (χ4n) is 1.62. The number of carboxylic acids is 1. The molecule has 18 heavy (non-hydrogen) atoms. The zero-order valence-corrected chi connectivity index (χ0v) is 9.62. The van der Waals surface area contributed by atoms with Gasteiger partial charge in [0.15, 0.2) is 0 Å². The van der Waals surface area contributed by atoms with Crippen molar-refractivity contribution in [3.63, 3.8) is 0 Å². The minimum Gasteiger partial charge on any atom is -0.478 e. The Labute approximate surface area is 103 Å². The lowest BCUT2D eigenvalue weighted by Gasteiger charge is -2.05. The highest BCUT2D eigenvalue weighted by Crippen LogP contribution is 2.13. The minimum absolute atomic E-state index is 0.170. The van der Waals surface area contributed by atoms with E-state index in [0.717, 1.165) is 0 Å².